The lowest BCUT2D eigenvalue weighted by Gasteiger charge is -2.36. The van der Waals surface area contributed by atoms with Gasteiger partial charge in [0, 0.05) is 65.1 Å². The van der Waals surface area contributed by atoms with Gasteiger partial charge in [-0.3, -0.25) is 15.0 Å². The van der Waals surface area contributed by atoms with Gasteiger partial charge in [-0.05, 0) is 18.6 Å². The van der Waals surface area contributed by atoms with Crippen molar-refractivity contribution >= 4 is 23.1 Å². The van der Waals surface area contributed by atoms with E-state index in [2.05, 4.69) is 31.3 Å². The molecule has 31 heavy (non-hydrogen) atoms. The van der Waals surface area contributed by atoms with Crippen LogP contribution < -0.4 is 14.7 Å². The molecule has 10 nitrogen and oxygen atoms in total. The van der Waals surface area contributed by atoms with Crippen molar-refractivity contribution in [3.05, 3.63) is 53.5 Å². The molecule has 2 aromatic rings. The maximum atomic E-state index is 12.1. The molecule has 0 bridgehead atoms. The number of nitrogens with zero attached hydrogens (tertiary/aromatic N) is 8. The fourth-order valence-electron chi connectivity index (χ4n) is 4.22. The van der Waals surface area contributed by atoms with Gasteiger partial charge in [-0.1, -0.05) is 12.1 Å². The third-order valence-corrected chi connectivity index (χ3v) is 5.79. The maximum absolute atomic E-state index is 12.1. The van der Waals surface area contributed by atoms with E-state index in [1.165, 1.54) is 6.33 Å². The van der Waals surface area contributed by atoms with E-state index in [0.717, 1.165) is 51.5 Å². The predicted molar refractivity (Wildman–Crippen MR) is 121 cm³/mol. The summed E-state index contributed by atoms with van der Waals surface area (Å²) in [5.74, 6) is 1.75. The minimum Gasteiger partial charge on any atom is -0.353 e. The predicted octanol–water partition coefficient (Wildman–Crippen LogP) is 1.80. The quantitative estimate of drug-likeness (QED) is 0.391. The van der Waals surface area contributed by atoms with Crippen LogP contribution in [-0.4, -0.2) is 83.7 Å². The first-order chi connectivity index (χ1) is 15.2. The van der Waals surface area contributed by atoms with Crippen molar-refractivity contribution in [2.45, 2.75) is 6.42 Å². The van der Waals surface area contributed by atoms with Crippen LogP contribution >= 0.6 is 0 Å². The Morgan fingerprint density at radius 2 is 1.61 bits per heavy atom. The van der Waals surface area contributed by atoms with Crippen molar-refractivity contribution in [3.8, 4) is 0 Å². The normalized spacial score (nSPS) is 18.0. The van der Waals surface area contributed by atoms with E-state index in [4.69, 9.17) is 0 Å². The monoisotopic (exact) mass is 424 g/mol. The molecule has 10 heteroatoms. The van der Waals surface area contributed by atoms with Crippen LogP contribution in [0.15, 0.2) is 43.4 Å². The summed E-state index contributed by atoms with van der Waals surface area (Å²) in [6.07, 6.45) is 6.05. The lowest BCUT2D eigenvalue weighted by Crippen LogP contribution is -2.47. The molecule has 2 aliphatic heterocycles. The Kier molecular flexibility index (Phi) is 6.56. The molecule has 0 aliphatic carbocycles. The average Bonchev–Trinajstić information content (AvgIpc) is 3.05. The Labute approximate surface area is 182 Å². The van der Waals surface area contributed by atoms with Crippen LogP contribution in [0.1, 0.15) is 6.42 Å². The molecule has 4 rings (SSSR count). The van der Waals surface area contributed by atoms with Gasteiger partial charge in [0.2, 0.25) is 11.6 Å². The SMILES string of the molecule is C=CCN1CCCN(c2ncnc(N3CCN(c4ccccn4)CC3)c2[N+](=O)[O-])CC1. The first kappa shape index (κ1) is 21.0. The second kappa shape index (κ2) is 9.69. The highest BCUT2D eigenvalue weighted by molar-refractivity contribution is 5.71. The van der Waals surface area contributed by atoms with Gasteiger partial charge in [-0.25, -0.2) is 15.0 Å². The van der Waals surface area contributed by atoms with Crippen LogP contribution in [0.4, 0.5) is 23.1 Å². The van der Waals surface area contributed by atoms with Crippen molar-refractivity contribution in [1.29, 1.82) is 0 Å². The number of hydrogen-bond donors (Lipinski definition) is 0. The molecule has 0 atom stereocenters. The van der Waals surface area contributed by atoms with Gasteiger partial charge in [0.25, 0.3) is 0 Å². The van der Waals surface area contributed by atoms with Crippen LogP contribution in [0.2, 0.25) is 0 Å². The standard InChI is InChI=1S/C21H28N8O2/c1-2-8-25-9-5-10-27(12-11-25)20-19(29(30)31)21(24-17-23-20)28-15-13-26(14-16-28)18-6-3-4-7-22-18/h2-4,6-7,17H,1,5,8-16H2. The summed E-state index contributed by atoms with van der Waals surface area (Å²) in [7, 11) is 0. The Balaban J connectivity index is 1.53. The van der Waals surface area contributed by atoms with E-state index < -0.39 is 0 Å². The number of pyridine rings is 1. The average molecular weight is 425 g/mol. The summed E-state index contributed by atoms with van der Waals surface area (Å²) in [4.78, 5) is 33.4. The largest absolute Gasteiger partial charge is 0.353 e. The smallest absolute Gasteiger partial charge is 0.353 e. The molecule has 0 amide bonds. The van der Waals surface area contributed by atoms with Gasteiger partial charge >= 0.3 is 5.69 Å². The van der Waals surface area contributed by atoms with E-state index >= 15 is 0 Å². The van der Waals surface area contributed by atoms with Gasteiger partial charge in [0.15, 0.2) is 0 Å². The first-order valence-electron chi connectivity index (χ1n) is 10.7. The molecule has 4 heterocycles. The van der Waals surface area contributed by atoms with Crippen LogP contribution in [0.5, 0.6) is 0 Å². The summed E-state index contributed by atoms with van der Waals surface area (Å²) < 4.78 is 0. The number of rotatable bonds is 6. The van der Waals surface area contributed by atoms with Gasteiger partial charge in [-0.2, -0.15) is 0 Å². The molecule has 0 radical (unpaired) electrons. The van der Waals surface area contributed by atoms with E-state index in [9.17, 15) is 10.1 Å². The Bertz CT molecular complexity index is 902. The number of hydrogen-bond acceptors (Lipinski definition) is 9. The zero-order chi connectivity index (χ0) is 21.6. The Morgan fingerprint density at radius 1 is 0.935 bits per heavy atom. The minimum atomic E-state index is -0.331. The van der Waals surface area contributed by atoms with Gasteiger partial charge in [0.1, 0.15) is 12.1 Å². The maximum Gasteiger partial charge on any atom is 0.353 e. The summed E-state index contributed by atoms with van der Waals surface area (Å²) in [5, 5.41) is 12.1. The highest BCUT2D eigenvalue weighted by atomic mass is 16.6. The molecule has 164 valence electrons. The molecule has 2 aromatic heterocycles. The second-order valence-electron chi connectivity index (χ2n) is 7.72. The highest BCUT2D eigenvalue weighted by Crippen LogP contribution is 2.35. The number of aromatic nitrogens is 3. The summed E-state index contributed by atoms with van der Waals surface area (Å²) in [6.45, 7) is 10.6. The zero-order valence-electron chi connectivity index (χ0n) is 17.6. The molecule has 2 saturated heterocycles. The molecule has 2 fully saturated rings. The number of piperazine rings is 1. The molecule has 0 N–H and O–H groups in total. The van der Waals surface area contributed by atoms with E-state index in [0.29, 0.717) is 31.3 Å². The van der Waals surface area contributed by atoms with Crippen molar-refractivity contribution < 1.29 is 4.92 Å². The van der Waals surface area contributed by atoms with Gasteiger partial charge in [0.05, 0.1) is 4.92 Å². The molecule has 0 unspecified atom stereocenters. The molecular formula is C21H28N8O2. The van der Waals surface area contributed by atoms with Crippen LogP contribution in [0.3, 0.4) is 0 Å². The summed E-state index contributed by atoms with van der Waals surface area (Å²) >= 11 is 0. The minimum absolute atomic E-state index is 0.00552. The lowest BCUT2D eigenvalue weighted by atomic mass is 10.2. The zero-order valence-corrected chi connectivity index (χ0v) is 17.6. The Hall–Kier alpha value is -3.27. The molecular weight excluding hydrogens is 396 g/mol. The van der Waals surface area contributed by atoms with Crippen LogP contribution in [-0.2, 0) is 0 Å². The third kappa shape index (κ3) is 4.74. The third-order valence-electron chi connectivity index (χ3n) is 5.79. The molecule has 0 spiro atoms. The topological polar surface area (TPSA) is 94.8 Å². The molecule has 0 saturated carbocycles. The fraction of sp³-hybridized carbons (Fsp3) is 0.476. The van der Waals surface area contributed by atoms with Crippen molar-refractivity contribution in [3.63, 3.8) is 0 Å². The number of nitro groups is 1. The number of anilines is 3. The van der Waals surface area contributed by atoms with E-state index in [1.807, 2.05) is 34.1 Å². The van der Waals surface area contributed by atoms with Crippen molar-refractivity contribution in [1.82, 2.24) is 19.9 Å². The Morgan fingerprint density at radius 3 is 2.26 bits per heavy atom. The van der Waals surface area contributed by atoms with Crippen molar-refractivity contribution in [2.24, 2.45) is 0 Å². The lowest BCUT2D eigenvalue weighted by molar-refractivity contribution is -0.383. The highest BCUT2D eigenvalue weighted by Gasteiger charge is 2.32. The van der Waals surface area contributed by atoms with Crippen molar-refractivity contribution in [2.75, 3.05) is 73.6 Å². The first-order valence-corrected chi connectivity index (χ1v) is 10.7. The van der Waals surface area contributed by atoms with E-state index in [1.54, 1.807) is 6.20 Å². The van der Waals surface area contributed by atoms with Gasteiger partial charge < -0.3 is 14.7 Å². The second-order valence-corrected chi connectivity index (χ2v) is 7.72. The molecule has 2 aliphatic rings. The van der Waals surface area contributed by atoms with E-state index in [-0.39, 0.29) is 10.6 Å². The van der Waals surface area contributed by atoms with Gasteiger partial charge in [-0.15, -0.1) is 6.58 Å². The van der Waals surface area contributed by atoms with Crippen LogP contribution in [0, 0.1) is 10.1 Å². The molecule has 0 aromatic carbocycles. The summed E-state index contributed by atoms with van der Waals surface area (Å²) in [5.41, 5.74) is 0.00552. The fourth-order valence-corrected chi connectivity index (χ4v) is 4.22. The summed E-state index contributed by atoms with van der Waals surface area (Å²) in [6, 6.07) is 5.84. The van der Waals surface area contributed by atoms with Crippen LogP contribution in [0.25, 0.3) is 0 Å².